The van der Waals surface area contributed by atoms with E-state index in [4.69, 9.17) is 11.7 Å². The van der Waals surface area contributed by atoms with Crippen molar-refractivity contribution in [3.05, 3.63) is 136 Å². The van der Waals surface area contributed by atoms with Gasteiger partial charge in [-0.2, -0.15) is 10.2 Å². The number of thiophene rings is 3. The van der Waals surface area contributed by atoms with E-state index in [0.717, 1.165) is 44.2 Å². The minimum atomic E-state index is 0.132. The molecule has 0 amide bonds. The van der Waals surface area contributed by atoms with Crippen molar-refractivity contribution < 1.29 is 0 Å². The lowest BCUT2D eigenvalue weighted by molar-refractivity contribution is 0.341. The first-order chi connectivity index (χ1) is 24.0. The highest BCUT2D eigenvalue weighted by Crippen LogP contribution is 2.49. The highest BCUT2D eigenvalue weighted by atomic mass is 32.1. The van der Waals surface area contributed by atoms with Gasteiger partial charge in [-0.1, -0.05) is 69.0 Å². The lowest BCUT2D eigenvalue weighted by Crippen LogP contribution is -2.23. The fourth-order valence-corrected chi connectivity index (χ4v) is 10.2. The Morgan fingerprint density at radius 3 is 2.08 bits per heavy atom. The van der Waals surface area contributed by atoms with Crippen LogP contribution in [0.1, 0.15) is 73.4 Å². The van der Waals surface area contributed by atoms with Crippen LogP contribution >= 0.6 is 34.0 Å². The molecule has 1 unspecified atom stereocenters. The number of allylic oxidation sites excluding steroid dienone is 1. The van der Waals surface area contributed by atoms with Crippen LogP contribution in [0.4, 0.5) is 0 Å². The molecule has 0 spiro atoms. The lowest BCUT2D eigenvalue weighted by atomic mass is 9.67. The topological polar surface area (TPSA) is 24.7 Å². The second-order valence-corrected chi connectivity index (χ2v) is 16.3. The number of aryl methyl sites for hydroxylation is 1. The first kappa shape index (κ1) is 32.1. The predicted octanol–water partition coefficient (Wildman–Crippen LogP) is 13.7. The third-order valence-corrected chi connectivity index (χ3v) is 13.8. The zero-order chi connectivity index (χ0) is 33.4. The van der Waals surface area contributed by atoms with Crippen molar-refractivity contribution in [3.8, 4) is 42.4 Å². The SMILES string of the molecule is C=C1c2ccc(C3C=NN=C(c4ccc(-c5cc(-c6cccs6)cc(-c6cccs6)c5)s4)CC3)cc2-c2ccccc2CCC1(CC)CC. The van der Waals surface area contributed by atoms with E-state index in [-0.39, 0.29) is 11.3 Å². The molecular weight excluding hydrogens is 653 g/mol. The zero-order valence-electron chi connectivity index (χ0n) is 28.1. The predicted molar refractivity (Wildman–Crippen MR) is 216 cm³/mol. The van der Waals surface area contributed by atoms with Crippen LogP contribution in [0.5, 0.6) is 0 Å². The molecule has 0 saturated heterocycles. The molecule has 2 aliphatic rings. The zero-order valence-corrected chi connectivity index (χ0v) is 30.6. The van der Waals surface area contributed by atoms with Crippen molar-refractivity contribution >= 4 is 51.5 Å². The standard InChI is InChI=1S/C44H40N2S3/c1-4-44(5-2)21-20-30-10-6-7-11-37(30)38-27-31(14-16-36(38)29(44)3)32-15-17-39(46-45-28-32)43-19-18-42(49-43)35-25-33(40-12-8-22-47-40)24-34(26-35)41-13-9-23-48-41/h6-14,16,18-19,22-28,32H,3-5,15,17,20-21H2,1-2H3. The van der Waals surface area contributed by atoms with Crippen LogP contribution in [0.3, 0.4) is 0 Å². The van der Waals surface area contributed by atoms with Crippen molar-refractivity contribution in [1.29, 1.82) is 0 Å². The summed E-state index contributed by atoms with van der Waals surface area (Å²) in [5, 5.41) is 13.8. The monoisotopic (exact) mass is 692 g/mol. The molecule has 0 radical (unpaired) electrons. The number of hydrogen-bond donors (Lipinski definition) is 0. The Morgan fingerprint density at radius 1 is 0.694 bits per heavy atom. The van der Waals surface area contributed by atoms with E-state index in [1.807, 2.05) is 11.3 Å². The smallest absolute Gasteiger partial charge is 0.0802 e. The van der Waals surface area contributed by atoms with E-state index in [2.05, 4.69) is 133 Å². The van der Waals surface area contributed by atoms with Crippen molar-refractivity contribution in [3.63, 3.8) is 0 Å². The Morgan fingerprint density at radius 2 is 1.39 bits per heavy atom. The highest BCUT2D eigenvalue weighted by Gasteiger charge is 2.33. The van der Waals surface area contributed by atoms with E-state index >= 15 is 0 Å². The minimum Gasteiger partial charge on any atom is -0.163 e. The summed E-state index contributed by atoms with van der Waals surface area (Å²) in [5.41, 5.74) is 13.0. The summed E-state index contributed by atoms with van der Waals surface area (Å²) >= 11 is 5.40. The molecule has 244 valence electrons. The van der Waals surface area contributed by atoms with E-state index in [0.29, 0.717) is 0 Å². The van der Waals surface area contributed by atoms with Crippen LogP contribution in [0.15, 0.2) is 125 Å². The molecule has 4 heterocycles. The molecule has 5 heteroatoms. The Labute approximate surface area is 302 Å². The summed E-state index contributed by atoms with van der Waals surface area (Å²) < 4.78 is 0. The second kappa shape index (κ2) is 13.6. The van der Waals surface area contributed by atoms with Crippen LogP contribution in [0.2, 0.25) is 0 Å². The van der Waals surface area contributed by atoms with E-state index in [1.54, 1.807) is 22.7 Å². The fraction of sp³-hybridized carbons (Fsp3) is 0.227. The third-order valence-electron chi connectivity index (χ3n) is 10.8. The number of rotatable bonds is 7. The van der Waals surface area contributed by atoms with Gasteiger partial charge in [0, 0.05) is 26.8 Å². The maximum Gasteiger partial charge on any atom is 0.0802 e. The molecule has 49 heavy (non-hydrogen) atoms. The molecule has 3 aromatic carbocycles. The normalized spacial score (nSPS) is 17.1. The Bertz CT molecular complexity index is 2120. The van der Waals surface area contributed by atoms with Gasteiger partial charge in [-0.05, 0) is 153 Å². The largest absolute Gasteiger partial charge is 0.163 e. The molecule has 0 fully saturated rings. The highest BCUT2D eigenvalue weighted by molar-refractivity contribution is 7.17. The Hall–Kier alpha value is -4.16. The van der Waals surface area contributed by atoms with Crippen LogP contribution in [-0.2, 0) is 6.42 Å². The number of hydrogen-bond acceptors (Lipinski definition) is 5. The summed E-state index contributed by atoms with van der Waals surface area (Å²) in [4.78, 5) is 5.04. The molecule has 1 atom stereocenters. The average Bonchev–Trinajstić information content (AvgIpc) is 3.94. The van der Waals surface area contributed by atoms with Crippen molar-refractivity contribution in [2.75, 3.05) is 0 Å². The molecule has 3 aromatic heterocycles. The van der Waals surface area contributed by atoms with Gasteiger partial charge in [0.15, 0.2) is 0 Å². The molecule has 1 aliphatic carbocycles. The average molecular weight is 693 g/mol. The molecule has 0 saturated carbocycles. The van der Waals surface area contributed by atoms with Crippen LogP contribution in [0.25, 0.3) is 48.0 Å². The van der Waals surface area contributed by atoms with Gasteiger partial charge in [-0.15, -0.1) is 34.0 Å². The van der Waals surface area contributed by atoms with Gasteiger partial charge in [0.2, 0.25) is 0 Å². The van der Waals surface area contributed by atoms with E-state index in [1.165, 1.54) is 69.6 Å². The maximum atomic E-state index is 4.78. The van der Waals surface area contributed by atoms with Crippen LogP contribution in [-0.4, -0.2) is 11.9 Å². The molecule has 2 nitrogen and oxygen atoms in total. The second-order valence-electron chi connectivity index (χ2n) is 13.3. The summed E-state index contributed by atoms with van der Waals surface area (Å²) in [6.45, 7) is 9.40. The summed E-state index contributed by atoms with van der Waals surface area (Å²) in [5.74, 6) is 0.204. The van der Waals surface area contributed by atoms with Gasteiger partial charge in [-0.3, -0.25) is 0 Å². The summed E-state index contributed by atoms with van der Waals surface area (Å²) in [6.07, 6.45) is 8.37. The maximum absolute atomic E-state index is 4.78. The molecule has 0 N–H and O–H groups in total. The van der Waals surface area contributed by atoms with Gasteiger partial charge in [0.05, 0.1) is 10.6 Å². The number of benzene rings is 3. The summed E-state index contributed by atoms with van der Waals surface area (Å²) in [6, 6.07) is 36.2. The molecule has 0 bridgehead atoms. The van der Waals surface area contributed by atoms with E-state index in [9.17, 15) is 0 Å². The fourth-order valence-electron chi connectivity index (χ4n) is 7.73. The van der Waals surface area contributed by atoms with E-state index < -0.39 is 0 Å². The number of fused-ring (bicyclic) bond motifs is 3. The van der Waals surface area contributed by atoms with Gasteiger partial charge in [0.25, 0.3) is 0 Å². The first-order valence-electron chi connectivity index (χ1n) is 17.4. The van der Waals surface area contributed by atoms with Crippen molar-refractivity contribution in [1.82, 2.24) is 0 Å². The van der Waals surface area contributed by atoms with Crippen LogP contribution in [0, 0.1) is 5.41 Å². The lowest BCUT2D eigenvalue weighted by Gasteiger charge is -2.37. The Balaban J connectivity index is 1.07. The molecule has 1 aliphatic heterocycles. The number of nitrogens with zero attached hydrogens (tertiary/aromatic N) is 2. The van der Waals surface area contributed by atoms with Crippen molar-refractivity contribution in [2.24, 2.45) is 15.6 Å². The van der Waals surface area contributed by atoms with Gasteiger partial charge in [0.1, 0.15) is 0 Å². The Kier molecular flexibility index (Phi) is 8.92. The van der Waals surface area contributed by atoms with Gasteiger partial charge in [-0.25, -0.2) is 0 Å². The molecule has 6 aromatic rings. The van der Waals surface area contributed by atoms with Crippen LogP contribution < -0.4 is 0 Å². The first-order valence-corrected chi connectivity index (χ1v) is 20.0. The van der Waals surface area contributed by atoms with Crippen molar-refractivity contribution in [2.45, 2.75) is 58.3 Å². The summed E-state index contributed by atoms with van der Waals surface area (Å²) in [7, 11) is 0. The minimum absolute atomic E-state index is 0.132. The molecule has 8 rings (SSSR count). The van der Waals surface area contributed by atoms with Gasteiger partial charge < -0.3 is 0 Å². The van der Waals surface area contributed by atoms with Gasteiger partial charge >= 0.3 is 0 Å². The quantitative estimate of drug-likeness (QED) is 0.159. The molecular formula is C44H40N2S3. The third kappa shape index (κ3) is 6.14.